The Morgan fingerprint density at radius 3 is 2.78 bits per heavy atom. The van der Waals surface area contributed by atoms with Crippen molar-refractivity contribution < 1.29 is 9.90 Å². The maximum Gasteiger partial charge on any atom is 0.237 e. The van der Waals surface area contributed by atoms with Crippen LogP contribution in [0.15, 0.2) is 24.3 Å². The quantitative estimate of drug-likeness (QED) is 0.882. The van der Waals surface area contributed by atoms with Crippen molar-refractivity contribution in [1.82, 2.24) is 10.2 Å². The van der Waals surface area contributed by atoms with E-state index in [2.05, 4.69) is 34.5 Å². The van der Waals surface area contributed by atoms with E-state index in [1.165, 1.54) is 11.1 Å². The molecule has 23 heavy (non-hydrogen) atoms. The number of amides is 1. The summed E-state index contributed by atoms with van der Waals surface area (Å²) >= 11 is 1.87. The Balaban J connectivity index is 1.54. The topological polar surface area (TPSA) is 52.6 Å². The number of benzene rings is 1. The third kappa shape index (κ3) is 4.08. The van der Waals surface area contributed by atoms with Crippen LogP contribution in [0.5, 0.6) is 0 Å². The molecule has 0 radical (unpaired) electrons. The van der Waals surface area contributed by atoms with E-state index >= 15 is 0 Å². The van der Waals surface area contributed by atoms with Crippen LogP contribution in [0.3, 0.4) is 0 Å². The van der Waals surface area contributed by atoms with Crippen molar-refractivity contribution in [2.75, 3.05) is 24.6 Å². The molecule has 1 unspecified atom stereocenters. The van der Waals surface area contributed by atoms with Crippen LogP contribution >= 0.6 is 11.8 Å². The summed E-state index contributed by atoms with van der Waals surface area (Å²) in [5.74, 6) is 1.98. The van der Waals surface area contributed by atoms with Gasteiger partial charge in [0.05, 0.1) is 11.6 Å². The first-order valence-corrected chi connectivity index (χ1v) is 9.62. The summed E-state index contributed by atoms with van der Waals surface area (Å²) in [4.78, 5) is 14.7. The molecule has 0 saturated carbocycles. The summed E-state index contributed by atoms with van der Waals surface area (Å²) in [6.45, 7) is 4.07. The van der Waals surface area contributed by atoms with Crippen molar-refractivity contribution in [3.63, 3.8) is 0 Å². The van der Waals surface area contributed by atoms with Gasteiger partial charge in [0, 0.05) is 19.6 Å². The summed E-state index contributed by atoms with van der Waals surface area (Å²) in [6.07, 6.45) is 2.53. The average Bonchev–Trinajstić information content (AvgIpc) is 2.59. The normalized spacial score (nSPS) is 22.2. The molecule has 2 aliphatic rings. The Hall–Kier alpha value is -1.04. The van der Waals surface area contributed by atoms with Gasteiger partial charge in [-0.1, -0.05) is 24.3 Å². The number of aliphatic hydroxyl groups is 1. The molecule has 126 valence electrons. The predicted molar refractivity (Wildman–Crippen MR) is 94.5 cm³/mol. The molecule has 4 nitrogen and oxygen atoms in total. The molecule has 0 spiro atoms. The number of hydrogen-bond acceptors (Lipinski definition) is 4. The Bertz CT molecular complexity index is 558. The lowest BCUT2D eigenvalue weighted by molar-refractivity contribution is -0.127. The van der Waals surface area contributed by atoms with Crippen molar-refractivity contribution in [3.8, 4) is 0 Å². The van der Waals surface area contributed by atoms with E-state index in [0.29, 0.717) is 6.54 Å². The number of carbonyl (C=O) groups excluding carboxylic acids is 1. The number of carbonyl (C=O) groups is 1. The highest BCUT2D eigenvalue weighted by atomic mass is 32.2. The minimum absolute atomic E-state index is 0.0241. The van der Waals surface area contributed by atoms with E-state index in [4.69, 9.17) is 0 Å². The summed E-state index contributed by atoms with van der Waals surface area (Å²) < 4.78 is 0. The van der Waals surface area contributed by atoms with Gasteiger partial charge >= 0.3 is 0 Å². The molecular formula is C18H26N2O2S. The Kier molecular flexibility index (Phi) is 5.29. The summed E-state index contributed by atoms with van der Waals surface area (Å²) in [5, 5.41) is 13.5. The molecule has 2 heterocycles. The molecule has 0 aliphatic carbocycles. The van der Waals surface area contributed by atoms with Crippen molar-refractivity contribution in [2.24, 2.45) is 0 Å². The first kappa shape index (κ1) is 16.8. The molecule has 0 bridgehead atoms. The summed E-state index contributed by atoms with van der Waals surface area (Å²) in [5.41, 5.74) is 2.00. The molecule has 1 amide bonds. The fourth-order valence-electron chi connectivity index (χ4n) is 3.34. The third-order valence-corrected chi connectivity index (χ3v) is 6.09. The molecule has 2 aliphatic heterocycles. The zero-order valence-electron chi connectivity index (χ0n) is 13.8. The molecule has 3 rings (SSSR count). The lowest BCUT2D eigenvalue weighted by Crippen LogP contribution is -2.51. The molecule has 1 atom stereocenters. The molecule has 2 N–H and O–H groups in total. The van der Waals surface area contributed by atoms with Gasteiger partial charge in [-0.15, -0.1) is 0 Å². The van der Waals surface area contributed by atoms with Gasteiger partial charge in [0.15, 0.2) is 0 Å². The zero-order chi connectivity index (χ0) is 16.3. The van der Waals surface area contributed by atoms with Crippen LogP contribution in [-0.4, -0.2) is 52.2 Å². The van der Waals surface area contributed by atoms with Gasteiger partial charge in [-0.2, -0.15) is 11.8 Å². The van der Waals surface area contributed by atoms with Crippen molar-refractivity contribution in [3.05, 3.63) is 35.4 Å². The van der Waals surface area contributed by atoms with Crippen LogP contribution in [0.25, 0.3) is 0 Å². The Morgan fingerprint density at radius 1 is 1.35 bits per heavy atom. The molecule has 1 aromatic carbocycles. The molecule has 1 fully saturated rings. The Morgan fingerprint density at radius 2 is 2.04 bits per heavy atom. The number of fused-ring (bicyclic) bond motifs is 1. The third-order valence-electron chi connectivity index (χ3n) is 5.10. The maximum absolute atomic E-state index is 12.5. The monoisotopic (exact) mass is 334 g/mol. The number of rotatable bonds is 4. The van der Waals surface area contributed by atoms with Crippen LogP contribution in [0.1, 0.15) is 30.9 Å². The number of hydrogen-bond donors (Lipinski definition) is 2. The molecule has 0 aromatic heterocycles. The first-order chi connectivity index (χ1) is 11.1. The van der Waals surface area contributed by atoms with E-state index in [1.54, 1.807) is 0 Å². The van der Waals surface area contributed by atoms with Gasteiger partial charge < -0.3 is 10.4 Å². The largest absolute Gasteiger partial charge is 0.388 e. The second kappa shape index (κ2) is 7.24. The summed E-state index contributed by atoms with van der Waals surface area (Å²) in [6, 6.07) is 8.30. The second-order valence-corrected chi connectivity index (χ2v) is 7.94. The van der Waals surface area contributed by atoms with Gasteiger partial charge in [-0.3, -0.25) is 9.69 Å². The van der Waals surface area contributed by atoms with Crippen molar-refractivity contribution in [2.45, 2.75) is 44.4 Å². The van der Waals surface area contributed by atoms with E-state index < -0.39 is 5.60 Å². The second-order valence-electron chi connectivity index (χ2n) is 6.72. The minimum Gasteiger partial charge on any atom is -0.388 e. The smallest absolute Gasteiger partial charge is 0.237 e. The highest BCUT2D eigenvalue weighted by molar-refractivity contribution is 7.99. The maximum atomic E-state index is 12.5. The predicted octanol–water partition coefficient (Wildman–Crippen LogP) is 1.81. The van der Waals surface area contributed by atoms with Crippen molar-refractivity contribution in [1.29, 1.82) is 0 Å². The van der Waals surface area contributed by atoms with Gasteiger partial charge in [0.1, 0.15) is 0 Å². The fraction of sp³-hybridized carbons (Fsp3) is 0.611. The van der Waals surface area contributed by atoms with Crippen LogP contribution in [-0.2, 0) is 17.8 Å². The minimum atomic E-state index is -0.713. The van der Waals surface area contributed by atoms with Gasteiger partial charge in [-0.25, -0.2) is 0 Å². The van der Waals surface area contributed by atoms with E-state index in [0.717, 1.165) is 43.9 Å². The standard InChI is InChI=1S/C18H26N2O2S/c1-14(17(21)19-13-18(22)7-10-23-11-8-18)20-9-6-15-4-2-3-5-16(15)12-20/h2-5,14,22H,6-13H2,1H3,(H,19,21). The SMILES string of the molecule is CC(C(=O)NCC1(O)CCSCC1)N1CCc2ccccc2C1. The van der Waals surface area contributed by atoms with Crippen LogP contribution in [0, 0.1) is 0 Å². The highest BCUT2D eigenvalue weighted by Crippen LogP contribution is 2.26. The van der Waals surface area contributed by atoms with E-state index in [9.17, 15) is 9.90 Å². The zero-order valence-corrected chi connectivity index (χ0v) is 14.6. The lowest BCUT2D eigenvalue weighted by atomic mass is 9.96. The molecule has 5 heteroatoms. The Labute approximate surface area is 142 Å². The van der Waals surface area contributed by atoms with Crippen LogP contribution in [0.2, 0.25) is 0 Å². The molecule has 1 aromatic rings. The first-order valence-electron chi connectivity index (χ1n) is 8.46. The average molecular weight is 334 g/mol. The number of thioether (sulfide) groups is 1. The van der Waals surface area contributed by atoms with Crippen LogP contribution in [0.4, 0.5) is 0 Å². The fourth-order valence-corrected chi connectivity index (χ4v) is 4.59. The summed E-state index contributed by atoms with van der Waals surface area (Å²) in [7, 11) is 0. The van der Waals surface area contributed by atoms with E-state index in [-0.39, 0.29) is 11.9 Å². The molecule has 1 saturated heterocycles. The van der Waals surface area contributed by atoms with Gasteiger partial charge in [0.2, 0.25) is 5.91 Å². The molecular weight excluding hydrogens is 308 g/mol. The van der Waals surface area contributed by atoms with Crippen LogP contribution < -0.4 is 5.32 Å². The van der Waals surface area contributed by atoms with E-state index in [1.807, 2.05) is 18.7 Å². The highest BCUT2D eigenvalue weighted by Gasteiger charge is 2.31. The number of nitrogens with one attached hydrogen (secondary N) is 1. The van der Waals surface area contributed by atoms with Gasteiger partial charge in [0.25, 0.3) is 0 Å². The van der Waals surface area contributed by atoms with Crippen molar-refractivity contribution >= 4 is 17.7 Å². The van der Waals surface area contributed by atoms with Gasteiger partial charge in [-0.05, 0) is 48.8 Å². The lowest BCUT2D eigenvalue weighted by Gasteiger charge is -2.35. The number of nitrogens with zero attached hydrogens (tertiary/aromatic N) is 1.